The summed E-state index contributed by atoms with van der Waals surface area (Å²) in [6.45, 7) is 2.96. The van der Waals surface area contributed by atoms with Gasteiger partial charge in [-0.05, 0) is 45.1 Å². The van der Waals surface area contributed by atoms with Crippen LogP contribution in [-0.2, 0) is 6.54 Å². The number of hydrogen-bond acceptors (Lipinski definition) is 4. The quantitative estimate of drug-likeness (QED) is 0.832. The van der Waals surface area contributed by atoms with Gasteiger partial charge in [0.1, 0.15) is 0 Å². The predicted molar refractivity (Wildman–Crippen MR) is 68.6 cm³/mol. The molecule has 5 heteroatoms. The molecule has 5 nitrogen and oxygen atoms in total. The van der Waals surface area contributed by atoms with E-state index in [9.17, 15) is 4.79 Å². The maximum absolute atomic E-state index is 10.7. The number of carboxylic acids is 1. The van der Waals surface area contributed by atoms with Crippen LogP contribution in [0, 0.1) is 0 Å². The molecule has 2 N–H and O–H groups in total. The molecular formula is C13H19N3O2. The second-order valence-electron chi connectivity index (χ2n) is 4.80. The van der Waals surface area contributed by atoms with Crippen LogP contribution in [0.1, 0.15) is 28.9 Å². The molecule has 98 valence electrons. The number of nitrogens with zero attached hydrogens (tertiary/aromatic N) is 2. The summed E-state index contributed by atoms with van der Waals surface area (Å²) in [7, 11) is 2.14. The predicted octanol–water partition coefficient (Wildman–Crippen LogP) is 0.964. The Hall–Kier alpha value is -1.46. The van der Waals surface area contributed by atoms with Gasteiger partial charge in [0.05, 0.1) is 11.3 Å². The first-order valence-electron chi connectivity index (χ1n) is 6.25. The van der Waals surface area contributed by atoms with Crippen molar-refractivity contribution in [3.05, 3.63) is 29.6 Å². The molecule has 0 amide bonds. The van der Waals surface area contributed by atoms with Crippen LogP contribution in [0.15, 0.2) is 18.3 Å². The number of aromatic nitrogens is 1. The van der Waals surface area contributed by atoms with E-state index in [-0.39, 0.29) is 5.56 Å². The molecule has 1 saturated heterocycles. The van der Waals surface area contributed by atoms with Crippen molar-refractivity contribution in [3.8, 4) is 0 Å². The Balaban J connectivity index is 1.81. The van der Waals surface area contributed by atoms with Crippen LogP contribution < -0.4 is 5.32 Å². The zero-order valence-corrected chi connectivity index (χ0v) is 10.6. The van der Waals surface area contributed by atoms with Crippen LogP contribution in [0.25, 0.3) is 0 Å². The van der Waals surface area contributed by atoms with E-state index in [1.54, 1.807) is 12.1 Å². The molecule has 2 rings (SSSR count). The zero-order chi connectivity index (χ0) is 13.0. The molecule has 0 saturated carbocycles. The summed E-state index contributed by atoms with van der Waals surface area (Å²) >= 11 is 0. The van der Waals surface area contributed by atoms with Gasteiger partial charge in [-0.2, -0.15) is 0 Å². The van der Waals surface area contributed by atoms with Crippen LogP contribution >= 0.6 is 0 Å². The molecule has 0 spiro atoms. The number of carbonyl (C=O) groups is 1. The van der Waals surface area contributed by atoms with Gasteiger partial charge in [-0.25, -0.2) is 4.79 Å². The highest BCUT2D eigenvalue weighted by Crippen LogP contribution is 2.09. The number of carboxylic acid groups (broad SMARTS) is 1. The van der Waals surface area contributed by atoms with E-state index in [1.165, 1.54) is 6.20 Å². The van der Waals surface area contributed by atoms with Crippen molar-refractivity contribution in [1.82, 2.24) is 15.2 Å². The van der Waals surface area contributed by atoms with E-state index in [0.717, 1.165) is 31.6 Å². The normalized spacial score (nSPS) is 17.8. The first-order valence-corrected chi connectivity index (χ1v) is 6.25. The Kier molecular flexibility index (Phi) is 4.28. The number of pyridine rings is 1. The summed E-state index contributed by atoms with van der Waals surface area (Å²) in [6.07, 6.45) is 3.72. The molecule has 0 atom stereocenters. The highest BCUT2D eigenvalue weighted by atomic mass is 16.4. The van der Waals surface area contributed by atoms with Crippen molar-refractivity contribution in [2.45, 2.75) is 25.4 Å². The summed E-state index contributed by atoms with van der Waals surface area (Å²) in [6, 6.07) is 3.91. The van der Waals surface area contributed by atoms with Crippen LogP contribution in [0.3, 0.4) is 0 Å². The van der Waals surface area contributed by atoms with Crippen LogP contribution in [0.5, 0.6) is 0 Å². The lowest BCUT2D eigenvalue weighted by Crippen LogP contribution is -2.40. The first-order chi connectivity index (χ1) is 8.65. The van der Waals surface area contributed by atoms with E-state index >= 15 is 0 Å². The number of likely N-dealkylation sites (tertiary alicyclic amines) is 1. The summed E-state index contributed by atoms with van der Waals surface area (Å²) in [5.41, 5.74) is 1.12. The minimum atomic E-state index is -0.933. The third-order valence-corrected chi connectivity index (χ3v) is 3.36. The van der Waals surface area contributed by atoms with Gasteiger partial charge in [0.15, 0.2) is 0 Å². The largest absolute Gasteiger partial charge is 0.478 e. The van der Waals surface area contributed by atoms with Crippen molar-refractivity contribution < 1.29 is 9.90 Å². The highest BCUT2D eigenvalue weighted by Gasteiger charge is 2.15. The molecule has 1 aromatic heterocycles. The van der Waals surface area contributed by atoms with Crippen LogP contribution in [0.4, 0.5) is 0 Å². The summed E-state index contributed by atoms with van der Waals surface area (Å²) in [5.74, 6) is -0.933. The molecule has 0 aliphatic carbocycles. The molecule has 18 heavy (non-hydrogen) atoms. The third kappa shape index (κ3) is 3.51. The first kappa shape index (κ1) is 13.0. The minimum absolute atomic E-state index is 0.234. The number of piperidine rings is 1. The summed E-state index contributed by atoms with van der Waals surface area (Å²) in [5, 5.41) is 12.2. The lowest BCUT2D eigenvalue weighted by molar-refractivity contribution is 0.0696. The second kappa shape index (κ2) is 5.93. The Morgan fingerprint density at radius 3 is 2.78 bits per heavy atom. The third-order valence-electron chi connectivity index (χ3n) is 3.36. The van der Waals surface area contributed by atoms with Gasteiger partial charge in [0.25, 0.3) is 0 Å². The Morgan fingerprint density at radius 1 is 1.50 bits per heavy atom. The average Bonchev–Trinajstić information content (AvgIpc) is 2.38. The van der Waals surface area contributed by atoms with Crippen molar-refractivity contribution >= 4 is 5.97 Å². The van der Waals surface area contributed by atoms with Crippen LogP contribution in [-0.4, -0.2) is 47.1 Å². The molecule has 0 radical (unpaired) electrons. The van der Waals surface area contributed by atoms with Gasteiger partial charge in [0, 0.05) is 18.8 Å². The zero-order valence-electron chi connectivity index (χ0n) is 10.6. The lowest BCUT2D eigenvalue weighted by atomic mass is 10.1. The fourth-order valence-corrected chi connectivity index (χ4v) is 2.12. The smallest absolute Gasteiger partial charge is 0.337 e. The number of rotatable bonds is 4. The van der Waals surface area contributed by atoms with E-state index in [2.05, 4.69) is 22.2 Å². The monoisotopic (exact) mass is 249 g/mol. The van der Waals surface area contributed by atoms with Crippen LogP contribution in [0.2, 0.25) is 0 Å². The molecule has 0 unspecified atom stereocenters. The van der Waals surface area contributed by atoms with Crippen molar-refractivity contribution in [3.63, 3.8) is 0 Å². The van der Waals surface area contributed by atoms with E-state index in [1.807, 2.05) is 0 Å². The fourth-order valence-electron chi connectivity index (χ4n) is 2.12. The summed E-state index contributed by atoms with van der Waals surface area (Å²) < 4.78 is 0. The molecule has 2 heterocycles. The topological polar surface area (TPSA) is 65.5 Å². The van der Waals surface area contributed by atoms with E-state index in [4.69, 9.17) is 5.11 Å². The fraction of sp³-hybridized carbons (Fsp3) is 0.538. The molecule has 0 bridgehead atoms. The number of aromatic carboxylic acids is 1. The maximum Gasteiger partial charge on any atom is 0.337 e. The molecular weight excluding hydrogens is 230 g/mol. The number of hydrogen-bond donors (Lipinski definition) is 2. The van der Waals surface area contributed by atoms with Gasteiger partial charge in [-0.3, -0.25) is 4.98 Å². The van der Waals surface area contributed by atoms with Gasteiger partial charge >= 0.3 is 5.97 Å². The molecule has 1 aliphatic heterocycles. The SMILES string of the molecule is CN1CCC(NCc2ccc(C(=O)O)cn2)CC1. The maximum atomic E-state index is 10.7. The Bertz CT molecular complexity index is 397. The van der Waals surface area contributed by atoms with Gasteiger partial charge in [0.2, 0.25) is 0 Å². The Morgan fingerprint density at radius 2 is 2.22 bits per heavy atom. The minimum Gasteiger partial charge on any atom is -0.478 e. The van der Waals surface area contributed by atoms with Gasteiger partial charge in [-0.15, -0.1) is 0 Å². The van der Waals surface area contributed by atoms with Crippen molar-refractivity contribution in [2.75, 3.05) is 20.1 Å². The van der Waals surface area contributed by atoms with Crippen molar-refractivity contribution in [1.29, 1.82) is 0 Å². The molecule has 1 fully saturated rings. The number of nitrogens with one attached hydrogen (secondary N) is 1. The lowest BCUT2D eigenvalue weighted by Gasteiger charge is -2.29. The molecule has 0 aromatic carbocycles. The molecule has 1 aromatic rings. The van der Waals surface area contributed by atoms with Gasteiger partial charge in [-0.1, -0.05) is 0 Å². The summed E-state index contributed by atoms with van der Waals surface area (Å²) in [4.78, 5) is 17.2. The Labute approximate surface area is 107 Å². The molecule has 1 aliphatic rings. The second-order valence-corrected chi connectivity index (χ2v) is 4.80. The van der Waals surface area contributed by atoms with Gasteiger partial charge < -0.3 is 15.3 Å². The van der Waals surface area contributed by atoms with E-state index in [0.29, 0.717) is 12.6 Å². The van der Waals surface area contributed by atoms with Crippen molar-refractivity contribution in [2.24, 2.45) is 0 Å². The highest BCUT2D eigenvalue weighted by molar-refractivity contribution is 5.87. The average molecular weight is 249 g/mol. The standard InChI is InChI=1S/C13H19N3O2/c1-16-6-4-11(5-7-16)15-9-12-3-2-10(8-14-12)13(17)18/h2-3,8,11,15H,4-7,9H2,1H3,(H,17,18). The van der Waals surface area contributed by atoms with E-state index < -0.39 is 5.97 Å².